The molecule has 0 aliphatic rings. The van der Waals surface area contributed by atoms with Crippen molar-refractivity contribution in [3.63, 3.8) is 0 Å². The van der Waals surface area contributed by atoms with Gasteiger partial charge in [0.25, 0.3) is 0 Å². The lowest BCUT2D eigenvalue weighted by atomic mass is 10.1. The Kier molecular flexibility index (Phi) is 4.78. The number of nitrogens with two attached hydrogens (primary N) is 1. The predicted octanol–water partition coefficient (Wildman–Crippen LogP) is 2.45. The monoisotopic (exact) mass is 355 g/mol. The van der Waals surface area contributed by atoms with Crippen LogP contribution in [0.5, 0.6) is 0 Å². The number of anilines is 1. The van der Waals surface area contributed by atoms with E-state index in [1.807, 2.05) is 30.3 Å². The molecule has 0 saturated heterocycles. The number of para-hydroxylation sites is 1. The van der Waals surface area contributed by atoms with Crippen molar-refractivity contribution in [1.29, 1.82) is 0 Å². The van der Waals surface area contributed by atoms with Crippen molar-refractivity contribution in [3.8, 4) is 0 Å². The number of aryl methyl sites for hydroxylation is 1. The Morgan fingerprint density at radius 3 is 2.52 bits per heavy atom. The number of amides is 1. The minimum Gasteiger partial charge on any atom is -0.325 e. The highest BCUT2D eigenvalue weighted by Crippen LogP contribution is 2.16. The minimum absolute atomic E-state index is 0.0583. The van der Waals surface area contributed by atoms with Crippen LogP contribution in [0.4, 0.5) is 5.69 Å². The molecular formula is C18H17N3O3S. The van der Waals surface area contributed by atoms with E-state index in [1.165, 1.54) is 12.1 Å². The summed E-state index contributed by atoms with van der Waals surface area (Å²) in [7, 11) is -3.70. The molecule has 3 aromatic rings. The summed E-state index contributed by atoms with van der Waals surface area (Å²) in [5.41, 5.74) is 2.38. The van der Waals surface area contributed by atoms with Crippen LogP contribution in [0, 0.1) is 0 Å². The van der Waals surface area contributed by atoms with Crippen molar-refractivity contribution in [1.82, 2.24) is 4.98 Å². The molecule has 2 aromatic carbocycles. The van der Waals surface area contributed by atoms with Crippen molar-refractivity contribution >= 4 is 32.5 Å². The van der Waals surface area contributed by atoms with Crippen LogP contribution in [0.1, 0.15) is 12.0 Å². The van der Waals surface area contributed by atoms with Gasteiger partial charge in [0.1, 0.15) is 0 Å². The van der Waals surface area contributed by atoms with Crippen LogP contribution in [0.2, 0.25) is 0 Å². The lowest BCUT2D eigenvalue weighted by Gasteiger charge is -2.07. The second-order valence-corrected chi connectivity index (χ2v) is 7.22. The summed E-state index contributed by atoms with van der Waals surface area (Å²) in [6, 6.07) is 15.7. The summed E-state index contributed by atoms with van der Waals surface area (Å²) in [5.74, 6) is -0.132. The molecule has 1 aromatic heterocycles. The fourth-order valence-electron chi connectivity index (χ4n) is 2.47. The number of carbonyl (C=O) groups excluding carboxylic acids is 1. The average Bonchev–Trinajstić information content (AvgIpc) is 2.59. The van der Waals surface area contributed by atoms with Gasteiger partial charge in [-0.05, 0) is 36.2 Å². The molecule has 1 amide bonds. The van der Waals surface area contributed by atoms with Gasteiger partial charge >= 0.3 is 0 Å². The quantitative estimate of drug-likeness (QED) is 0.734. The number of pyridine rings is 1. The number of sulfonamides is 1. The van der Waals surface area contributed by atoms with Crippen LogP contribution in [0.25, 0.3) is 10.9 Å². The summed E-state index contributed by atoms with van der Waals surface area (Å²) in [6.45, 7) is 0. The molecule has 0 fully saturated rings. The first kappa shape index (κ1) is 17.1. The summed E-state index contributed by atoms with van der Waals surface area (Å²) in [6.07, 6.45) is 2.40. The average molecular weight is 355 g/mol. The van der Waals surface area contributed by atoms with E-state index in [4.69, 9.17) is 5.14 Å². The van der Waals surface area contributed by atoms with Crippen molar-refractivity contribution in [2.45, 2.75) is 17.7 Å². The van der Waals surface area contributed by atoms with Crippen LogP contribution >= 0.6 is 0 Å². The lowest BCUT2D eigenvalue weighted by molar-refractivity contribution is -0.116. The van der Waals surface area contributed by atoms with Gasteiger partial charge in [-0.15, -0.1) is 0 Å². The molecule has 6 nitrogen and oxygen atoms in total. The molecule has 1 heterocycles. The number of rotatable bonds is 5. The molecule has 128 valence electrons. The normalized spacial score (nSPS) is 11.4. The molecule has 0 atom stereocenters. The predicted molar refractivity (Wildman–Crippen MR) is 96.5 cm³/mol. The largest absolute Gasteiger partial charge is 0.325 e. The van der Waals surface area contributed by atoms with Gasteiger partial charge in [0.15, 0.2) is 0 Å². The maximum absolute atomic E-state index is 12.1. The maximum Gasteiger partial charge on any atom is 0.238 e. The van der Waals surface area contributed by atoms with Crippen LogP contribution in [0.15, 0.2) is 65.7 Å². The van der Waals surface area contributed by atoms with E-state index < -0.39 is 10.0 Å². The fraction of sp³-hybridized carbons (Fsp3) is 0.111. The lowest BCUT2D eigenvalue weighted by Crippen LogP contribution is -2.13. The smallest absolute Gasteiger partial charge is 0.238 e. The van der Waals surface area contributed by atoms with Crippen LogP contribution in [-0.2, 0) is 21.2 Å². The van der Waals surface area contributed by atoms with Crippen molar-refractivity contribution < 1.29 is 13.2 Å². The Morgan fingerprint density at radius 1 is 1.08 bits per heavy atom. The summed E-state index contributed by atoms with van der Waals surface area (Å²) in [5, 5.41) is 8.84. The molecule has 0 aliphatic carbocycles. The first-order valence-electron chi connectivity index (χ1n) is 7.68. The zero-order valence-corrected chi connectivity index (χ0v) is 14.2. The standard InChI is InChI=1S/C18H17N3O3S/c19-25(23,24)16-8-5-13(6-9-16)7-10-18(22)21-15-11-14-3-1-2-4-17(14)20-12-15/h1-6,8-9,11-12H,7,10H2,(H,21,22)(H2,19,23,24). The molecule has 0 spiro atoms. The van der Waals surface area contributed by atoms with Gasteiger partial charge in [-0.3, -0.25) is 9.78 Å². The molecule has 3 rings (SSSR count). The van der Waals surface area contributed by atoms with E-state index in [1.54, 1.807) is 18.3 Å². The first-order valence-corrected chi connectivity index (χ1v) is 9.23. The zero-order valence-electron chi connectivity index (χ0n) is 13.3. The number of hydrogen-bond donors (Lipinski definition) is 2. The Balaban J connectivity index is 1.60. The topological polar surface area (TPSA) is 102 Å². The number of nitrogens with one attached hydrogen (secondary N) is 1. The van der Waals surface area contributed by atoms with Gasteiger partial charge in [0, 0.05) is 11.8 Å². The van der Waals surface area contributed by atoms with E-state index in [-0.39, 0.29) is 17.2 Å². The highest BCUT2D eigenvalue weighted by Gasteiger charge is 2.08. The molecule has 0 saturated carbocycles. The molecular weight excluding hydrogens is 338 g/mol. The highest BCUT2D eigenvalue weighted by atomic mass is 32.2. The van der Waals surface area contributed by atoms with Crippen molar-refractivity contribution in [3.05, 3.63) is 66.4 Å². The minimum atomic E-state index is -3.70. The Bertz CT molecular complexity index is 1020. The Morgan fingerprint density at radius 2 is 1.80 bits per heavy atom. The van der Waals surface area contributed by atoms with E-state index in [2.05, 4.69) is 10.3 Å². The molecule has 7 heteroatoms. The number of carbonyl (C=O) groups is 1. The second-order valence-electron chi connectivity index (χ2n) is 5.65. The molecule has 0 bridgehead atoms. The molecule has 0 radical (unpaired) electrons. The highest BCUT2D eigenvalue weighted by molar-refractivity contribution is 7.89. The van der Waals surface area contributed by atoms with E-state index >= 15 is 0 Å². The fourth-order valence-corrected chi connectivity index (χ4v) is 2.98. The number of hydrogen-bond acceptors (Lipinski definition) is 4. The number of aromatic nitrogens is 1. The van der Waals surface area contributed by atoms with Gasteiger partial charge in [-0.2, -0.15) is 0 Å². The summed E-state index contributed by atoms with van der Waals surface area (Å²) < 4.78 is 22.4. The third kappa shape index (κ3) is 4.40. The zero-order chi connectivity index (χ0) is 17.9. The number of fused-ring (bicyclic) bond motifs is 1. The van der Waals surface area contributed by atoms with Gasteiger partial charge in [-0.1, -0.05) is 30.3 Å². The van der Waals surface area contributed by atoms with Gasteiger partial charge in [0.05, 0.1) is 22.3 Å². The van der Waals surface area contributed by atoms with E-state index in [9.17, 15) is 13.2 Å². The third-order valence-corrected chi connectivity index (χ3v) is 4.70. The van der Waals surface area contributed by atoms with E-state index in [0.29, 0.717) is 12.1 Å². The molecule has 3 N–H and O–H groups in total. The van der Waals surface area contributed by atoms with Crippen LogP contribution in [0.3, 0.4) is 0 Å². The Hall–Kier alpha value is -2.77. The van der Waals surface area contributed by atoms with E-state index in [0.717, 1.165) is 16.5 Å². The molecule has 0 unspecified atom stereocenters. The van der Waals surface area contributed by atoms with Crippen LogP contribution in [-0.4, -0.2) is 19.3 Å². The number of nitrogens with zero attached hydrogens (tertiary/aromatic N) is 1. The van der Waals surface area contributed by atoms with Crippen LogP contribution < -0.4 is 10.5 Å². The number of primary sulfonamides is 1. The van der Waals surface area contributed by atoms with Gasteiger partial charge in [0.2, 0.25) is 15.9 Å². The molecule has 0 aliphatic heterocycles. The van der Waals surface area contributed by atoms with Gasteiger partial charge < -0.3 is 5.32 Å². The Labute approximate surface area is 145 Å². The van der Waals surface area contributed by atoms with Gasteiger partial charge in [-0.25, -0.2) is 13.6 Å². The summed E-state index contributed by atoms with van der Waals surface area (Å²) >= 11 is 0. The summed E-state index contributed by atoms with van der Waals surface area (Å²) in [4.78, 5) is 16.5. The third-order valence-electron chi connectivity index (χ3n) is 3.77. The first-order chi connectivity index (χ1) is 11.9. The second kappa shape index (κ2) is 7.00. The number of benzene rings is 2. The maximum atomic E-state index is 12.1. The van der Waals surface area contributed by atoms with Crippen molar-refractivity contribution in [2.24, 2.45) is 5.14 Å². The SMILES string of the molecule is NS(=O)(=O)c1ccc(CCC(=O)Nc2cnc3ccccc3c2)cc1. The molecule has 25 heavy (non-hydrogen) atoms. The van der Waals surface area contributed by atoms with Crippen molar-refractivity contribution in [2.75, 3.05) is 5.32 Å².